The fraction of sp³-hybridized carbons (Fsp3) is 0.286. The van der Waals surface area contributed by atoms with Crippen LogP contribution in [0.25, 0.3) is 0 Å². The van der Waals surface area contributed by atoms with Gasteiger partial charge in [0.05, 0.1) is 0 Å². The van der Waals surface area contributed by atoms with Crippen molar-refractivity contribution < 1.29 is 0 Å². The first-order chi connectivity index (χ1) is 8.81. The first-order valence-electron chi connectivity index (χ1n) is 6.10. The summed E-state index contributed by atoms with van der Waals surface area (Å²) in [6.45, 7) is 1.89. The lowest BCUT2D eigenvalue weighted by atomic mass is 10.1. The molecule has 0 saturated heterocycles. The van der Waals surface area contributed by atoms with Crippen LogP contribution in [0.1, 0.15) is 22.6 Å². The van der Waals surface area contributed by atoms with Crippen molar-refractivity contribution in [3.05, 3.63) is 58.1 Å². The van der Waals surface area contributed by atoms with Gasteiger partial charge in [0, 0.05) is 48.4 Å². The summed E-state index contributed by atoms with van der Waals surface area (Å²) < 4.78 is 0. The number of halogens is 2. The maximum Gasteiger partial charge on any atom is 0.132 e. The smallest absolute Gasteiger partial charge is 0.132 e. The Hall–Kier alpha value is -1.16. The van der Waals surface area contributed by atoms with Crippen molar-refractivity contribution in [2.45, 2.75) is 19.4 Å². The topological polar surface area (TPSA) is 37.8 Å². The van der Waals surface area contributed by atoms with Crippen molar-refractivity contribution in [2.75, 3.05) is 6.54 Å². The second kappa shape index (κ2) is 6.33. The Kier molecular flexibility index (Phi) is 4.75. The minimum absolute atomic E-state index is 0. The van der Waals surface area contributed by atoms with Gasteiger partial charge in [-0.3, -0.25) is 0 Å². The van der Waals surface area contributed by atoms with Crippen LogP contribution in [0.2, 0.25) is 5.02 Å². The minimum atomic E-state index is 0. The van der Waals surface area contributed by atoms with Crippen molar-refractivity contribution in [1.29, 1.82) is 0 Å². The standard InChI is InChI=1S/C14H14ClN3.ClH/c15-12-3-1-10(2-4-12)7-14-17-9-11-8-16-6-5-13(11)18-14;/h1-4,9,16H,5-8H2;1H. The predicted molar refractivity (Wildman–Crippen MR) is 78.9 cm³/mol. The molecule has 19 heavy (non-hydrogen) atoms. The molecule has 100 valence electrons. The van der Waals surface area contributed by atoms with Crippen LogP contribution in [0.5, 0.6) is 0 Å². The van der Waals surface area contributed by atoms with Gasteiger partial charge in [0.25, 0.3) is 0 Å². The van der Waals surface area contributed by atoms with Gasteiger partial charge in [0.2, 0.25) is 0 Å². The summed E-state index contributed by atoms with van der Waals surface area (Å²) in [5.41, 5.74) is 3.60. The van der Waals surface area contributed by atoms with E-state index in [2.05, 4.69) is 15.3 Å². The van der Waals surface area contributed by atoms with Gasteiger partial charge < -0.3 is 5.32 Å². The molecule has 1 aliphatic rings. The molecule has 0 aliphatic carbocycles. The normalized spacial score (nSPS) is 13.5. The summed E-state index contributed by atoms with van der Waals surface area (Å²) >= 11 is 5.87. The molecule has 0 spiro atoms. The molecule has 1 aromatic carbocycles. The third-order valence-electron chi connectivity index (χ3n) is 3.13. The lowest BCUT2D eigenvalue weighted by Gasteiger charge is -2.16. The molecule has 2 aromatic rings. The van der Waals surface area contributed by atoms with E-state index in [0.717, 1.165) is 36.8 Å². The van der Waals surface area contributed by atoms with E-state index in [4.69, 9.17) is 11.6 Å². The van der Waals surface area contributed by atoms with Crippen molar-refractivity contribution in [3.63, 3.8) is 0 Å². The van der Waals surface area contributed by atoms with Gasteiger partial charge in [-0.1, -0.05) is 23.7 Å². The van der Waals surface area contributed by atoms with Crippen LogP contribution in [0.15, 0.2) is 30.5 Å². The Balaban J connectivity index is 0.00000133. The SMILES string of the molecule is Cl.Clc1ccc(Cc2ncc3c(n2)CCNC3)cc1. The molecule has 3 rings (SSSR count). The molecule has 1 aromatic heterocycles. The van der Waals surface area contributed by atoms with Crippen LogP contribution < -0.4 is 5.32 Å². The molecule has 1 N–H and O–H groups in total. The minimum Gasteiger partial charge on any atom is -0.312 e. The summed E-state index contributed by atoms with van der Waals surface area (Å²) in [5.74, 6) is 0.887. The molecule has 1 aliphatic heterocycles. The third-order valence-corrected chi connectivity index (χ3v) is 3.39. The van der Waals surface area contributed by atoms with Gasteiger partial charge in [-0.05, 0) is 17.7 Å². The zero-order chi connectivity index (χ0) is 12.4. The quantitative estimate of drug-likeness (QED) is 0.926. The number of rotatable bonds is 2. The fourth-order valence-electron chi connectivity index (χ4n) is 2.15. The van der Waals surface area contributed by atoms with Gasteiger partial charge in [-0.2, -0.15) is 0 Å². The monoisotopic (exact) mass is 295 g/mol. The highest BCUT2D eigenvalue weighted by Crippen LogP contribution is 2.14. The van der Waals surface area contributed by atoms with Crippen LogP contribution in [-0.2, 0) is 19.4 Å². The van der Waals surface area contributed by atoms with Crippen molar-refractivity contribution in [1.82, 2.24) is 15.3 Å². The molecule has 0 saturated carbocycles. The molecule has 5 heteroatoms. The summed E-state index contributed by atoms with van der Waals surface area (Å²) in [6, 6.07) is 7.85. The average Bonchev–Trinajstić information content (AvgIpc) is 2.41. The van der Waals surface area contributed by atoms with E-state index in [9.17, 15) is 0 Å². The van der Waals surface area contributed by atoms with E-state index in [1.54, 1.807) is 0 Å². The number of hydrogen-bond acceptors (Lipinski definition) is 3. The van der Waals surface area contributed by atoms with E-state index >= 15 is 0 Å². The Morgan fingerprint density at radius 2 is 2.00 bits per heavy atom. The number of fused-ring (bicyclic) bond motifs is 1. The molecule has 0 bridgehead atoms. The van der Waals surface area contributed by atoms with Crippen LogP contribution in [-0.4, -0.2) is 16.5 Å². The number of hydrogen-bond donors (Lipinski definition) is 1. The lowest BCUT2D eigenvalue weighted by molar-refractivity contribution is 0.621. The second-order valence-electron chi connectivity index (χ2n) is 4.49. The molecular formula is C14H15Cl2N3. The first-order valence-corrected chi connectivity index (χ1v) is 6.48. The molecule has 0 fully saturated rings. The second-order valence-corrected chi connectivity index (χ2v) is 4.92. The van der Waals surface area contributed by atoms with E-state index < -0.39 is 0 Å². The zero-order valence-electron chi connectivity index (χ0n) is 10.4. The molecule has 0 atom stereocenters. The largest absolute Gasteiger partial charge is 0.312 e. The van der Waals surface area contributed by atoms with Gasteiger partial charge in [0.15, 0.2) is 0 Å². The van der Waals surface area contributed by atoms with E-state index in [-0.39, 0.29) is 12.4 Å². The van der Waals surface area contributed by atoms with Crippen LogP contribution >= 0.6 is 24.0 Å². The van der Waals surface area contributed by atoms with Gasteiger partial charge >= 0.3 is 0 Å². The fourth-order valence-corrected chi connectivity index (χ4v) is 2.27. The zero-order valence-corrected chi connectivity index (χ0v) is 12.0. The van der Waals surface area contributed by atoms with Crippen LogP contribution in [0, 0.1) is 0 Å². The van der Waals surface area contributed by atoms with Crippen molar-refractivity contribution in [3.8, 4) is 0 Å². The van der Waals surface area contributed by atoms with Crippen molar-refractivity contribution >= 4 is 24.0 Å². The Morgan fingerprint density at radius 3 is 2.79 bits per heavy atom. The highest BCUT2D eigenvalue weighted by atomic mass is 35.5. The van der Waals surface area contributed by atoms with Crippen LogP contribution in [0.4, 0.5) is 0 Å². The number of nitrogens with zero attached hydrogens (tertiary/aromatic N) is 2. The summed E-state index contributed by atoms with van der Waals surface area (Å²) in [4.78, 5) is 9.07. The number of nitrogens with one attached hydrogen (secondary N) is 1. The van der Waals surface area contributed by atoms with Crippen LogP contribution in [0.3, 0.4) is 0 Å². The Morgan fingerprint density at radius 1 is 1.21 bits per heavy atom. The maximum atomic E-state index is 5.87. The van der Waals surface area contributed by atoms with E-state index in [1.165, 1.54) is 16.8 Å². The molecule has 0 unspecified atom stereocenters. The van der Waals surface area contributed by atoms with Gasteiger partial charge in [-0.25, -0.2) is 9.97 Å². The maximum absolute atomic E-state index is 5.87. The van der Waals surface area contributed by atoms with Gasteiger partial charge in [-0.15, -0.1) is 12.4 Å². The number of aromatic nitrogens is 2. The van der Waals surface area contributed by atoms with Crippen molar-refractivity contribution in [2.24, 2.45) is 0 Å². The molecular weight excluding hydrogens is 281 g/mol. The average molecular weight is 296 g/mol. The summed E-state index contributed by atoms with van der Waals surface area (Å²) in [7, 11) is 0. The van der Waals surface area contributed by atoms with E-state index in [0.29, 0.717) is 0 Å². The molecule has 0 amide bonds. The predicted octanol–water partition coefficient (Wildman–Crippen LogP) is 2.79. The highest BCUT2D eigenvalue weighted by Gasteiger charge is 2.11. The molecule has 2 heterocycles. The molecule has 3 nitrogen and oxygen atoms in total. The summed E-state index contributed by atoms with van der Waals surface area (Å²) in [6.07, 6.45) is 3.70. The highest BCUT2D eigenvalue weighted by molar-refractivity contribution is 6.30. The first kappa shape index (κ1) is 14.3. The lowest BCUT2D eigenvalue weighted by Crippen LogP contribution is -2.25. The summed E-state index contributed by atoms with van der Waals surface area (Å²) in [5, 5.41) is 4.08. The third kappa shape index (κ3) is 3.44. The number of benzene rings is 1. The Labute approximate surface area is 123 Å². The van der Waals surface area contributed by atoms with E-state index in [1.807, 2.05) is 30.5 Å². The molecule has 0 radical (unpaired) electrons. The Bertz CT molecular complexity index is 555. The van der Waals surface area contributed by atoms with Gasteiger partial charge in [0.1, 0.15) is 5.82 Å².